The van der Waals surface area contributed by atoms with Crippen LogP contribution < -0.4 is 0 Å². The average Bonchev–Trinajstić information content (AvgIpc) is 2.23. The van der Waals surface area contributed by atoms with Gasteiger partial charge in [-0.25, -0.2) is 0 Å². The van der Waals surface area contributed by atoms with Crippen molar-refractivity contribution in [3.63, 3.8) is 0 Å². The molecule has 0 amide bonds. The van der Waals surface area contributed by atoms with Crippen LogP contribution in [-0.4, -0.2) is 6.21 Å². The van der Waals surface area contributed by atoms with E-state index in [1.807, 2.05) is 12.4 Å². The second-order valence-electron chi connectivity index (χ2n) is 4.33. The maximum absolute atomic E-state index is 4.25. The second kappa shape index (κ2) is 10.1. The molecule has 0 bridgehead atoms. The summed E-state index contributed by atoms with van der Waals surface area (Å²) in [5.41, 5.74) is 1.23. The van der Waals surface area contributed by atoms with Gasteiger partial charge in [-0.15, -0.1) is 0 Å². The molecular weight excluding hydrogens is 309 g/mol. The highest BCUT2D eigenvalue weighted by Crippen LogP contribution is 2.27. The molecule has 0 unspecified atom stereocenters. The summed E-state index contributed by atoms with van der Waals surface area (Å²) < 4.78 is 1.44. The molecule has 0 aromatic carbocycles. The molecule has 0 saturated carbocycles. The van der Waals surface area contributed by atoms with Gasteiger partial charge < -0.3 is 0 Å². The third-order valence-electron chi connectivity index (χ3n) is 2.32. The molecule has 0 rings (SSSR count). The zero-order valence-corrected chi connectivity index (χ0v) is 13.1. The molecule has 0 saturated heterocycles. The number of halogens is 1. The van der Waals surface area contributed by atoms with Gasteiger partial charge in [-0.3, -0.25) is 4.99 Å². The predicted octanol–water partition coefficient (Wildman–Crippen LogP) is 5.52. The van der Waals surface area contributed by atoms with E-state index in [0.717, 1.165) is 5.92 Å². The molecule has 0 aromatic rings. The first-order valence-corrected chi connectivity index (χ1v) is 7.21. The molecular formula is C14H24IN. The molecule has 0 spiro atoms. The fourth-order valence-electron chi connectivity index (χ4n) is 1.56. The summed E-state index contributed by atoms with van der Waals surface area (Å²) in [5, 5.41) is 0. The smallest absolute Gasteiger partial charge is 0.0275 e. The van der Waals surface area contributed by atoms with Gasteiger partial charge in [0.1, 0.15) is 0 Å². The summed E-state index contributed by atoms with van der Waals surface area (Å²) in [7, 11) is 0. The number of aliphatic imine (C=N–C) groups is 1. The molecule has 92 valence electrons. The normalized spacial score (nSPS) is 12.5. The van der Waals surface area contributed by atoms with E-state index in [4.69, 9.17) is 0 Å². The highest BCUT2D eigenvalue weighted by atomic mass is 127. The van der Waals surface area contributed by atoms with E-state index in [9.17, 15) is 0 Å². The van der Waals surface area contributed by atoms with E-state index in [-0.39, 0.29) is 0 Å². The Morgan fingerprint density at radius 1 is 1.19 bits per heavy atom. The number of rotatable bonds is 7. The Bertz CT molecular complexity index is 254. The molecule has 16 heavy (non-hydrogen) atoms. The van der Waals surface area contributed by atoms with Gasteiger partial charge in [-0.2, -0.15) is 0 Å². The van der Waals surface area contributed by atoms with E-state index in [0.29, 0.717) is 0 Å². The van der Waals surface area contributed by atoms with Crippen LogP contribution in [0.5, 0.6) is 0 Å². The largest absolute Gasteiger partial charge is 0.265 e. The highest BCUT2D eigenvalue weighted by Gasteiger charge is 2.08. The van der Waals surface area contributed by atoms with Crippen LogP contribution in [0.25, 0.3) is 0 Å². The average molecular weight is 333 g/mol. The Balaban J connectivity index is 4.35. The lowest BCUT2D eigenvalue weighted by Gasteiger charge is -2.13. The highest BCUT2D eigenvalue weighted by molar-refractivity contribution is 14.1. The predicted molar refractivity (Wildman–Crippen MR) is 83.3 cm³/mol. The van der Waals surface area contributed by atoms with Crippen molar-refractivity contribution in [3.05, 3.63) is 21.4 Å². The van der Waals surface area contributed by atoms with Crippen LogP contribution in [0.4, 0.5) is 0 Å². The molecule has 0 aromatic heterocycles. The number of hydrogen-bond acceptors (Lipinski definition) is 1. The van der Waals surface area contributed by atoms with E-state index in [2.05, 4.69) is 61.4 Å². The Morgan fingerprint density at radius 3 is 2.19 bits per heavy atom. The van der Waals surface area contributed by atoms with Crippen LogP contribution in [0.15, 0.2) is 26.4 Å². The van der Waals surface area contributed by atoms with Crippen molar-refractivity contribution in [2.45, 2.75) is 53.4 Å². The lowest BCUT2D eigenvalue weighted by Crippen LogP contribution is -1.99. The standard InChI is InChI=1S/C14H24IN/c1-5-7-13(8-6-2)14(15)9-10-16-11-12(3)4/h9-11,13H,5-8H2,1-4H3/b14-9-,16-10?. The molecule has 0 aliphatic carbocycles. The van der Waals surface area contributed by atoms with Crippen LogP contribution in [0.1, 0.15) is 53.4 Å². The summed E-state index contributed by atoms with van der Waals surface area (Å²) in [6.07, 6.45) is 11.1. The monoisotopic (exact) mass is 333 g/mol. The fourth-order valence-corrected chi connectivity index (χ4v) is 2.34. The summed E-state index contributed by atoms with van der Waals surface area (Å²) >= 11 is 2.46. The molecule has 0 fully saturated rings. The number of allylic oxidation sites excluding steroid dienone is 3. The van der Waals surface area contributed by atoms with Gasteiger partial charge in [0.25, 0.3) is 0 Å². The maximum atomic E-state index is 4.25. The third kappa shape index (κ3) is 8.08. The Kier molecular flexibility index (Phi) is 9.99. The van der Waals surface area contributed by atoms with Crippen LogP contribution >= 0.6 is 22.6 Å². The first-order chi connectivity index (χ1) is 7.61. The summed E-state index contributed by atoms with van der Waals surface area (Å²) in [6.45, 7) is 8.62. The number of hydrogen-bond donors (Lipinski definition) is 0. The number of nitrogens with zero attached hydrogens (tertiary/aromatic N) is 1. The van der Waals surface area contributed by atoms with E-state index in [1.54, 1.807) is 0 Å². The van der Waals surface area contributed by atoms with Crippen LogP contribution in [0.2, 0.25) is 0 Å². The van der Waals surface area contributed by atoms with Gasteiger partial charge in [0, 0.05) is 12.4 Å². The van der Waals surface area contributed by atoms with Gasteiger partial charge in [-0.1, -0.05) is 32.3 Å². The minimum atomic E-state index is 0.730. The molecule has 0 radical (unpaired) electrons. The Labute approximate surface area is 114 Å². The van der Waals surface area contributed by atoms with Crippen molar-refractivity contribution >= 4 is 28.8 Å². The molecule has 0 heterocycles. The molecule has 2 heteroatoms. The minimum Gasteiger partial charge on any atom is -0.265 e. The lowest BCUT2D eigenvalue weighted by atomic mass is 9.98. The summed E-state index contributed by atoms with van der Waals surface area (Å²) in [4.78, 5) is 4.25. The van der Waals surface area contributed by atoms with Crippen LogP contribution in [0.3, 0.4) is 0 Å². The van der Waals surface area contributed by atoms with Crippen molar-refractivity contribution in [3.8, 4) is 0 Å². The quantitative estimate of drug-likeness (QED) is 0.430. The van der Waals surface area contributed by atoms with Gasteiger partial charge in [0.2, 0.25) is 0 Å². The van der Waals surface area contributed by atoms with E-state index >= 15 is 0 Å². The Hall–Kier alpha value is -0.120. The third-order valence-corrected chi connectivity index (χ3v) is 3.56. The van der Waals surface area contributed by atoms with E-state index in [1.165, 1.54) is 34.8 Å². The van der Waals surface area contributed by atoms with Gasteiger partial charge in [-0.05, 0) is 64.9 Å². The zero-order valence-electron chi connectivity index (χ0n) is 11.0. The lowest BCUT2D eigenvalue weighted by molar-refractivity contribution is 0.527. The van der Waals surface area contributed by atoms with Crippen LogP contribution in [0, 0.1) is 5.92 Å². The molecule has 0 aliphatic rings. The van der Waals surface area contributed by atoms with Crippen molar-refractivity contribution in [1.82, 2.24) is 0 Å². The van der Waals surface area contributed by atoms with Crippen molar-refractivity contribution in [1.29, 1.82) is 0 Å². The Morgan fingerprint density at radius 2 is 1.75 bits per heavy atom. The van der Waals surface area contributed by atoms with Gasteiger partial charge in [0.15, 0.2) is 0 Å². The van der Waals surface area contributed by atoms with Crippen LogP contribution in [-0.2, 0) is 0 Å². The SMILES string of the molecule is CCCC(CCC)/C(I)=C/C=NC=C(C)C. The second-order valence-corrected chi connectivity index (χ2v) is 5.58. The minimum absolute atomic E-state index is 0.730. The molecule has 0 aliphatic heterocycles. The van der Waals surface area contributed by atoms with Crippen molar-refractivity contribution in [2.75, 3.05) is 0 Å². The first-order valence-electron chi connectivity index (χ1n) is 6.14. The van der Waals surface area contributed by atoms with Crippen molar-refractivity contribution < 1.29 is 0 Å². The maximum Gasteiger partial charge on any atom is 0.0275 e. The van der Waals surface area contributed by atoms with Gasteiger partial charge >= 0.3 is 0 Å². The molecule has 0 N–H and O–H groups in total. The first kappa shape index (κ1) is 15.9. The van der Waals surface area contributed by atoms with Gasteiger partial charge in [0.05, 0.1) is 0 Å². The molecule has 1 nitrogen and oxygen atoms in total. The van der Waals surface area contributed by atoms with E-state index < -0.39 is 0 Å². The molecule has 0 atom stereocenters. The summed E-state index contributed by atoms with van der Waals surface area (Å²) in [6, 6.07) is 0. The summed E-state index contributed by atoms with van der Waals surface area (Å²) in [5.74, 6) is 0.730. The topological polar surface area (TPSA) is 12.4 Å². The fraction of sp³-hybridized carbons (Fsp3) is 0.643. The van der Waals surface area contributed by atoms with Crippen molar-refractivity contribution in [2.24, 2.45) is 10.9 Å². The zero-order chi connectivity index (χ0) is 12.4.